The smallest absolute Gasteiger partial charge is 0.221 e. The van der Waals surface area contributed by atoms with E-state index in [1.807, 2.05) is 91.0 Å². The van der Waals surface area contributed by atoms with Gasteiger partial charge < -0.3 is 15.2 Å². The molecule has 0 amide bonds. The topological polar surface area (TPSA) is 86.1 Å². The number of nitrogens with two attached hydrogens (primary N) is 1. The highest BCUT2D eigenvalue weighted by molar-refractivity contribution is 6.00. The van der Waals surface area contributed by atoms with Gasteiger partial charge >= 0.3 is 0 Å². The summed E-state index contributed by atoms with van der Waals surface area (Å²) in [4.78, 5) is 4.51. The molecule has 0 aliphatic rings. The summed E-state index contributed by atoms with van der Waals surface area (Å²) in [6.07, 6.45) is 0. The number of aromatic nitrogens is 3. The SMILES string of the molecule is Nc1n[nH]c2nc(Oc3ccccc3)cc(-c3ccc(Oc4ccccc4)cc3)c12. The van der Waals surface area contributed by atoms with Crippen molar-refractivity contribution in [1.82, 2.24) is 15.2 Å². The van der Waals surface area contributed by atoms with Crippen LogP contribution in [0.25, 0.3) is 22.2 Å². The number of rotatable bonds is 5. The predicted molar refractivity (Wildman–Crippen MR) is 117 cm³/mol. The molecule has 3 N–H and O–H groups in total. The molecule has 0 saturated heterocycles. The molecule has 0 bridgehead atoms. The van der Waals surface area contributed by atoms with Gasteiger partial charge in [-0.2, -0.15) is 10.1 Å². The molecule has 0 atom stereocenters. The van der Waals surface area contributed by atoms with Gasteiger partial charge in [0.2, 0.25) is 5.88 Å². The van der Waals surface area contributed by atoms with Gasteiger partial charge in [0.05, 0.1) is 5.39 Å². The van der Waals surface area contributed by atoms with Gasteiger partial charge in [-0.3, -0.25) is 5.10 Å². The first-order valence-corrected chi connectivity index (χ1v) is 9.47. The second-order valence-corrected chi connectivity index (χ2v) is 6.70. The van der Waals surface area contributed by atoms with Crippen LogP contribution >= 0.6 is 0 Å². The van der Waals surface area contributed by atoms with Crippen molar-refractivity contribution in [2.75, 3.05) is 5.73 Å². The Morgan fingerprint density at radius 2 is 1.30 bits per heavy atom. The number of aromatic amines is 1. The lowest BCUT2D eigenvalue weighted by atomic mass is 10.0. The minimum atomic E-state index is 0.392. The van der Waals surface area contributed by atoms with Crippen LogP contribution in [0.4, 0.5) is 5.82 Å². The molecule has 2 heterocycles. The molecule has 0 saturated carbocycles. The molecule has 6 nitrogen and oxygen atoms in total. The van der Waals surface area contributed by atoms with Crippen molar-refractivity contribution >= 4 is 16.9 Å². The van der Waals surface area contributed by atoms with Gasteiger partial charge in [-0.25, -0.2) is 0 Å². The third-order valence-corrected chi connectivity index (χ3v) is 4.64. The highest BCUT2D eigenvalue weighted by Crippen LogP contribution is 2.35. The lowest BCUT2D eigenvalue weighted by Crippen LogP contribution is -1.92. The van der Waals surface area contributed by atoms with Gasteiger partial charge in [-0.1, -0.05) is 48.5 Å². The Morgan fingerprint density at radius 1 is 0.700 bits per heavy atom. The number of pyridine rings is 1. The zero-order valence-electron chi connectivity index (χ0n) is 15.9. The fraction of sp³-hybridized carbons (Fsp3) is 0. The van der Waals surface area contributed by atoms with E-state index < -0.39 is 0 Å². The number of anilines is 1. The first-order chi connectivity index (χ1) is 14.8. The highest BCUT2D eigenvalue weighted by Gasteiger charge is 2.15. The third-order valence-electron chi connectivity index (χ3n) is 4.64. The summed E-state index contributed by atoms with van der Waals surface area (Å²) in [5.74, 6) is 3.08. The number of ether oxygens (including phenoxy) is 2. The predicted octanol–water partition coefficient (Wildman–Crippen LogP) is 5.79. The molecule has 2 aromatic heterocycles. The maximum atomic E-state index is 6.10. The van der Waals surface area contributed by atoms with Crippen molar-refractivity contribution in [3.05, 3.63) is 91.0 Å². The quantitative estimate of drug-likeness (QED) is 0.394. The van der Waals surface area contributed by atoms with Crippen LogP contribution in [-0.2, 0) is 0 Å². The van der Waals surface area contributed by atoms with E-state index in [1.165, 1.54) is 0 Å². The van der Waals surface area contributed by atoms with E-state index >= 15 is 0 Å². The number of hydrogen-bond acceptors (Lipinski definition) is 5. The first-order valence-electron chi connectivity index (χ1n) is 9.47. The fourth-order valence-electron chi connectivity index (χ4n) is 3.25. The van der Waals surface area contributed by atoms with Crippen LogP contribution in [0.2, 0.25) is 0 Å². The summed E-state index contributed by atoms with van der Waals surface area (Å²) in [6, 6.07) is 28.8. The second kappa shape index (κ2) is 7.60. The molecule has 0 unspecified atom stereocenters. The molecule has 146 valence electrons. The highest BCUT2D eigenvalue weighted by atomic mass is 16.5. The van der Waals surface area contributed by atoms with E-state index in [-0.39, 0.29) is 0 Å². The van der Waals surface area contributed by atoms with Crippen LogP contribution in [-0.4, -0.2) is 15.2 Å². The number of hydrogen-bond donors (Lipinski definition) is 2. The largest absolute Gasteiger partial charge is 0.457 e. The molecule has 6 heteroatoms. The van der Waals surface area contributed by atoms with Crippen molar-refractivity contribution in [3.8, 4) is 34.3 Å². The average molecular weight is 394 g/mol. The zero-order valence-corrected chi connectivity index (χ0v) is 15.9. The van der Waals surface area contributed by atoms with E-state index in [0.717, 1.165) is 28.0 Å². The van der Waals surface area contributed by atoms with Crippen molar-refractivity contribution in [2.45, 2.75) is 0 Å². The third kappa shape index (κ3) is 3.54. The zero-order chi connectivity index (χ0) is 20.3. The van der Waals surface area contributed by atoms with E-state index in [0.29, 0.717) is 23.1 Å². The monoisotopic (exact) mass is 394 g/mol. The van der Waals surface area contributed by atoms with Crippen LogP contribution in [0.15, 0.2) is 91.0 Å². The normalized spacial score (nSPS) is 10.8. The van der Waals surface area contributed by atoms with Gasteiger partial charge in [0.15, 0.2) is 11.5 Å². The van der Waals surface area contributed by atoms with Crippen LogP contribution in [0.3, 0.4) is 0 Å². The van der Waals surface area contributed by atoms with Crippen LogP contribution in [0.1, 0.15) is 0 Å². The van der Waals surface area contributed by atoms with Gasteiger partial charge in [0, 0.05) is 11.6 Å². The molecule has 0 fully saturated rings. The maximum Gasteiger partial charge on any atom is 0.221 e. The number of fused-ring (bicyclic) bond motifs is 1. The Bertz CT molecular complexity index is 1280. The minimum absolute atomic E-state index is 0.392. The Kier molecular flexibility index (Phi) is 4.50. The molecule has 0 radical (unpaired) electrons. The van der Waals surface area contributed by atoms with Gasteiger partial charge in [-0.05, 0) is 42.0 Å². The number of nitrogen functional groups attached to an aromatic ring is 1. The van der Waals surface area contributed by atoms with Crippen molar-refractivity contribution in [3.63, 3.8) is 0 Å². The maximum absolute atomic E-state index is 6.10. The summed E-state index contributed by atoms with van der Waals surface area (Å²) >= 11 is 0. The molecule has 3 aromatic carbocycles. The Hall–Kier alpha value is -4.32. The molecule has 0 spiro atoms. The number of nitrogens with zero attached hydrogens (tertiary/aromatic N) is 2. The summed E-state index contributed by atoms with van der Waals surface area (Å²) in [5.41, 5.74) is 8.50. The molecular weight excluding hydrogens is 376 g/mol. The molecule has 0 aliphatic carbocycles. The van der Waals surface area contributed by atoms with Gasteiger partial charge in [0.25, 0.3) is 0 Å². The van der Waals surface area contributed by atoms with Gasteiger partial charge in [0.1, 0.15) is 17.2 Å². The second-order valence-electron chi connectivity index (χ2n) is 6.70. The molecule has 5 aromatic rings. The molecule has 0 aliphatic heterocycles. The van der Waals surface area contributed by atoms with Crippen molar-refractivity contribution < 1.29 is 9.47 Å². The van der Waals surface area contributed by atoms with E-state index in [2.05, 4.69) is 15.2 Å². The molecule has 5 rings (SSSR count). The summed E-state index contributed by atoms with van der Waals surface area (Å²) in [6.45, 7) is 0. The molecular formula is C24H18N4O2. The van der Waals surface area contributed by atoms with Crippen molar-refractivity contribution in [2.24, 2.45) is 0 Å². The van der Waals surface area contributed by atoms with Gasteiger partial charge in [-0.15, -0.1) is 0 Å². The fourth-order valence-corrected chi connectivity index (χ4v) is 3.25. The Labute approximate surface area is 172 Å². The first kappa shape index (κ1) is 17.8. The Balaban J connectivity index is 1.51. The number of para-hydroxylation sites is 2. The van der Waals surface area contributed by atoms with E-state index in [4.69, 9.17) is 15.2 Å². The van der Waals surface area contributed by atoms with Crippen LogP contribution in [0, 0.1) is 0 Å². The lowest BCUT2D eigenvalue weighted by Gasteiger charge is -2.10. The van der Waals surface area contributed by atoms with E-state index in [1.54, 1.807) is 0 Å². The van der Waals surface area contributed by atoms with Crippen molar-refractivity contribution in [1.29, 1.82) is 0 Å². The lowest BCUT2D eigenvalue weighted by molar-refractivity contribution is 0.465. The number of nitrogens with one attached hydrogen (secondary N) is 1. The average Bonchev–Trinajstić information content (AvgIpc) is 3.16. The summed E-state index contributed by atoms with van der Waals surface area (Å²) in [5, 5.41) is 7.75. The van der Waals surface area contributed by atoms with Crippen LogP contribution < -0.4 is 15.2 Å². The standard InChI is InChI=1S/C24H18N4O2/c25-23-22-20(16-11-13-19(14-12-16)29-17-7-3-1-4-8-17)15-21(26-24(22)28-27-23)30-18-9-5-2-6-10-18/h1-15H,(H3,25,26,27,28). The van der Waals surface area contributed by atoms with E-state index in [9.17, 15) is 0 Å². The molecule has 30 heavy (non-hydrogen) atoms. The van der Waals surface area contributed by atoms with Crippen LogP contribution in [0.5, 0.6) is 23.1 Å². The summed E-state index contributed by atoms with van der Waals surface area (Å²) in [7, 11) is 0. The number of H-pyrrole nitrogens is 1. The number of benzene rings is 3. The summed E-state index contributed by atoms with van der Waals surface area (Å²) < 4.78 is 11.8. The Morgan fingerprint density at radius 3 is 1.97 bits per heavy atom. The minimum Gasteiger partial charge on any atom is -0.457 e.